The Morgan fingerprint density at radius 1 is 1.29 bits per heavy atom. The molecule has 0 aliphatic carbocycles. The first-order valence-electron chi connectivity index (χ1n) is 4.96. The van der Waals surface area contributed by atoms with Gasteiger partial charge < -0.3 is 10.0 Å². The SMILES string of the molecule is OCc1c(Cl)cccc1N1CCCC1. The minimum absolute atomic E-state index is 0.0194. The van der Waals surface area contributed by atoms with Gasteiger partial charge in [0.2, 0.25) is 0 Å². The summed E-state index contributed by atoms with van der Waals surface area (Å²) in [4.78, 5) is 2.29. The third-order valence-electron chi connectivity index (χ3n) is 2.70. The quantitative estimate of drug-likeness (QED) is 0.812. The number of benzene rings is 1. The summed E-state index contributed by atoms with van der Waals surface area (Å²) in [5.41, 5.74) is 1.95. The zero-order valence-electron chi connectivity index (χ0n) is 8.04. The van der Waals surface area contributed by atoms with Crippen molar-refractivity contribution in [3.8, 4) is 0 Å². The molecule has 1 aliphatic rings. The second-order valence-electron chi connectivity index (χ2n) is 3.59. The number of hydrogen-bond donors (Lipinski definition) is 1. The maximum Gasteiger partial charge on any atom is 0.0716 e. The molecule has 1 saturated heterocycles. The van der Waals surface area contributed by atoms with Crippen LogP contribution in [-0.2, 0) is 6.61 Å². The van der Waals surface area contributed by atoms with Crippen LogP contribution in [0.25, 0.3) is 0 Å². The van der Waals surface area contributed by atoms with Crippen LogP contribution in [0.3, 0.4) is 0 Å². The van der Waals surface area contributed by atoms with Gasteiger partial charge in [0, 0.05) is 29.4 Å². The molecule has 0 bridgehead atoms. The van der Waals surface area contributed by atoms with E-state index in [1.165, 1.54) is 12.8 Å². The Morgan fingerprint density at radius 3 is 2.64 bits per heavy atom. The Morgan fingerprint density at radius 2 is 2.00 bits per heavy atom. The van der Waals surface area contributed by atoms with Gasteiger partial charge in [-0.1, -0.05) is 17.7 Å². The van der Waals surface area contributed by atoms with Crippen molar-refractivity contribution in [2.75, 3.05) is 18.0 Å². The summed E-state index contributed by atoms with van der Waals surface area (Å²) in [7, 11) is 0. The second kappa shape index (κ2) is 4.20. The topological polar surface area (TPSA) is 23.5 Å². The van der Waals surface area contributed by atoms with Crippen LogP contribution in [0, 0.1) is 0 Å². The fraction of sp³-hybridized carbons (Fsp3) is 0.455. The lowest BCUT2D eigenvalue weighted by atomic mass is 10.1. The highest BCUT2D eigenvalue weighted by Crippen LogP contribution is 2.29. The average molecular weight is 212 g/mol. The number of aliphatic hydroxyl groups is 1. The summed E-state index contributed by atoms with van der Waals surface area (Å²) in [5.74, 6) is 0. The molecule has 2 rings (SSSR count). The van der Waals surface area contributed by atoms with Crippen molar-refractivity contribution in [3.63, 3.8) is 0 Å². The number of rotatable bonds is 2. The number of hydrogen-bond acceptors (Lipinski definition) is 2. The minimum Gasteiger partial charge on any atom is -0.392 e. The lowest BCUT2D eigenvalue weighted by Gasteiger charge is -2.21. The Balaban J connectivity index is 2.35. The average Bonchev–Trinajstić information content (AvgIpc) is 2.70. The van der Waals surface area contributed by atoms with Crippen LogP contribution in [-0.4, -0.2) is 18.2 Å². The summed E-state index contributed by atoms with van der Waals surface area (Å²) in [5, 5.41) is 9.91. The molecule has 0 aromatic heterocycles. The molecule has 0 amide bonds. The Labute approximate surface area is 89.1 Å². The molecule has 0 unspecified atom stereocenters. The molecule has 14 heavy (non-hydrogen) atoms. The van der Waals surface area contributed by atoms with E-state index >= 15 is 0 Å². The summed E-state index contributed by atoms with van der Waals surface area (Å²) in [6.45, 7) is 2.17. The van der Waals surface area contributed by atoms with E-state index in [-0.39, 0.29) is 6.61 Å². The molecule has 0 radical (unpaired) electrons. The highest BCUT2D eigenvalue weighted by Gasteiger charge is 2.16. The van der Waals surface area contributed by atoms with E-state index in [0.29, 0.717) is 5.02 Å². The Hall–Kier alpha value is -0.730. The summed E-state index contributed by atoms with van der Waals surface area (Å²) in [6.07, 6.45) is 2.47. The molecule has 1 aliphatic heterocycles. The van der Waals surface area contributed by atoms with Crippen molar-refractivity contribution >= 4 is 17.3 Å². The number of nitrogens with zero attached hydrogens (tertiary/aromatic N) is 1. The maximum atomic E-state index is 9.25. The molecule has 2 nitrogen and oxygen atoms in total. The van der Waals surface area contributed by atoms with Crippen LogP contribution < -0.4 is 4.90 Å². The van der Waals surface area contributed by atoms with Crippen LogP contribution >= 0.6 is 11.6 Å². The molecule has 0 spiro atoms. The molecule has 1 aromatic carbocycles. The molecule has 1 fully saturated rings. The number of aliphatic hydroxyl groups excluding tert-OH is 1. The molecular weight excluding hydrogens is 198 g/mol. The number of halogens is 1. The van der Waals surface area contributed by atoms with Gasteiger partial charge in [0.25, 0.3) is 0 Å². The molecule has 0 atom stereocenters. The predicted octanol–water partition coefficient (Wildman–Crippen LogP) is 2.43. The van der Waals surface area contributed by atoms with Gasteiger partial charge in [0.05, 0.1) is 6.61 Å². The summed E-state index contributed by atoms with van der Waals surface area (Å²) in [6, 6.07) is 5.80. The summed E-state index contributed by atoms with van der Waals surface area (Å²) >= 11 is 6.02. The first kappa shape index (κ1) is 9.81. The van der Waals surface area contributed by atoms with Crippen molar-refractivity contribution in [2.24, 2.45) is 0 Å². The lowest BCUT2D eigenvalue weighted by molar-refractivity contribution is 0.282. The highest BCUT2D eigenvalue weighted by molar-refractivity contribution is 6.31. The molecule has 0 saturated carbocycles. The van der Waals surface area contributed by atoms with E-state index in [1.54, 1.807) is 0 Å². The van der Waals surface area contributed by atoms with Gasteiger partial charge in [0.15, 0.2) is 0 Å². The Kier molecular flexibility index (Phi) is 2.94. The largest absolute Gasteiger partial charge is 0.392 e. The van der Waals surface area contributed by atoms with Gasteiger partial charge in [0.1, 0.15) is 0 Å². The van der Waals surface area contributed by atoms with Crippen LogP contribution in [0.4, 0.5) is 5.69 Å². The molecule has 76 valence electrons. The fourth-order valence-electron chi connectivity index (χ4n) is 1.96. The lowest BCUT2D eigenvalue weighted by Crippen LogP contribution is -2.19. The zero-order valence-corrected chi connectivity index (χ0v) is 8.80. The van der Waals surface area contributed by atoms with E-state index < -0.39 is 0 Å². The van der Waals surface area contributed by atoms with Gasteiger partial charge in [-0.05, 0) is 25.0 Å². The molecule has 1 aromatic rings. The third kappa shape index (κ3) is 1.72. The van der Waals surface area contributed by atoms with Crippen molar-refractivity contribution in [3.05, 3.63) is 28.8 Å². The van der Waals surface area contributed by atoms with Crippen molar-refractivity contribution < 1.29 is 5.11 Å². The zero-order chi connectivity index (χ0) is 9.97. The first-order chi connectivity index (χ1) is 6.83. The summed E-state index contributed by atoms with van der Waals surface area (Å²) < 4.78 is 0. The van der Waals surface area contributed by atoms with Gasteiger partial charge in [-0.15, -0.1) is 0 Å². The van der Waals surface area contributed by atoms with Crippen molar-refractivity contribution in [1.82, 2.24) is 0 Å². The monoisotopic (exact) mass is 211 g/mol. The molecular formula is C11H14ClNO. The molecule has 3 heteroatoms. The van der Waals surface area contributed by atoms with E-state index in [9.17, 15) is 5.11 Å². The fourth-order valence-corrected chi connectivity index (χ4v) is 2.19. The highest BCUT2D eigenvalue weighted by atomic mass is 35.5. The molecule has 1 heterocycles. The Bertz CT molecular complexity index is 321. The van der Waals surface area contributed by atoms with Gasteiger partial charge in [-0.2, -0.15) is 0 Å². The molecule has 1 N–H and O–H groups in total. The van der Waals surface area contributed by atoms with Crippen molar-refractivity contribution in [1.29, 1.82) is 0 Å². The number of anilines is 1. The predicted molar refractivity (Wildman–Crippen MR) is 58.8 cm³/mol. The smallest absolute Gasteiger partial charge is 0.0716 e. The van der Waals surface area contributed by atoms with E-state index in [0.717, 1.165) is 24.3 Å². The van der Waals surface area contributed by atoms with Crippen molar-refractivity contribution in [2.45, 2.75) is 19.4 Å². The van der Waals surface area contributed by atoms with Gasteiger partial charge >= 0.3 is 0 Å². The third-order valence-corrected chi connectivity index (χ3v) is 3.05. The minimum atomic E-state index is 0.0194. The normalized spacial score (nSPS) is 16.3. The van der Waals surface area contributed by atoms with Crippen LogP contribution in [0.2, 0.25) is 5.02 Å². The second-order valence-corrected chi connectivity index (χ2v) is 4.00. The maximum absolute atomic E-state index is 9.25. The standard InChI is InChI=1S/C11H14ClNO/c12-10-4-3-5-11(9(10)8-14)13-6-1-2-7-13/h3-5,14H,1-2,6-8H2. The van der Waals surface area contributed by atoms with E-state index in [4.69, 9.17) is 11.6 Å². The van der Waals surface area contributed by atoms with E-state index in [1.807, 2.05) is 18.2 Å². The van der Waals surface area contributed by atoms with Gasteiger partial charge in [-0.3, -0.25) is 0 Å². The van der Waals surface area contributed by atoms with Crippen LogP contribution in [0.15, 0.2) is 18.2 Å². The first-order valence-corrected chi connectivity index (χ1v) is 5.34. The van der Waals surface area contributed by atoms with Crippen LogP contribution in [0.1, 0.15) is 18.4 Å². The van der Waals surface area contributed by atoms with Crippen LogP contribution in [0.5, 0.6) is 0 Å². The van der Waals surface area contributed by atoms with E-state index in [2.05, 4.69) is 4.90 Å². The van der Waals surface area contributed by atoms with Gasteiger partial charge in [-0.25, -0.2) is 0 Å².